The van der Waals surface area contributed by atoms with Crippen molar-refractivity contribution in [1.82, 2.24) is 9.55 Å². The van der Waals surface area contributed by atoms with E-state index in [1.54, 1.807) is 62.0 Å². The highest BCUT2D eigenvalue weighted by Gasteiger charge is 2.29. The Morgan fingerprint density at radius 2 is 1.94 bits per heavy atom. The molecule has 0 saturated heterocycles. The summed E-state index contributed by atoms with van der Waals surface area (Å²) in [5.41, 5.74) is 0.889. The Hall–Kier alpha value is -3.26. The SMILES string of the molecule is CC(C)(C)OC(=O)Oc1ccc(-c2cnc(CC(=O)C3CCC(=O)c4cccn43)s2)cc1. The molecule has 1 atom stereocenters. The molecular weight excluding hydrogens is 428 g/mol. The van der Waals surface area contributed by atoms with E-state index >= 15 is 0 Å². The Balaban J connectivity index is 1.40. The number of rotatable bonds is 5. The Morgan fingerprint density at radius 1 is 1.19 bits per heavy atom. The minimum Gasteiger partial charge on any atom is -0.428 e. The number of benzene rings is 1. The van der Waals surface area contributed by atoms with Crippen molar-refractivity contribution >= 4 is 29.1 Å². The van der Waals surface area contributed by atoms with Crippen LogP contribution in [0, 0.1) is 0 Å². The maximum atomic E-state index is 12.9. The predicted molar refractivity (Wildman–Crippen MR) is 120 cm³/mol. The van der Waals surface area contributed by atoms with E-state index in [-0.39, 0.29) is 24.0 Å². The Morgan fingerprint density at radius 3 is 2.66 bits per heavy atom. The second-order valence-electron chi connectivity index (χ2n) is 8.63. The third kappa shape index (κ3) is 4.96. The first-order valence-electron chi connectivity index (χ1n) is 10.4. The molecule has 0 saturated carbocycles. The van der Waals surface area contributed by atoms with Crippen LogP contribution < -0.4 is 4.74 Å². The van der Waals surface area contributed by atoms with Crippen LogP contribution in [0.5, 0.6) is 5.75 Å². The lowest BCUT2D eigenvalue weighted by molar-refractivity contribution is -0.121. The van der Waals surface area contributed by atoms with Crippen LogP contribution >= 0.6 is 11.3 Å². The van der Waals surface area contributed by atoms with Crippen LogP contribution in [0.3, 0.4) is 0 Å². The summed E-state index contributed by atoms with van der Waals surface area (Å²) in [7, 11) is 0. The molecule has 1 aliphatic heterocycles. The second-order valence-corrected chi connectivity index (χ2v) is 9.75. The van der Waals surface area contributed by atoms with Gasteiger partial charge in [-0.1, -0.05) is 0 Å². The van der Waals surface area contributed by atoms with Gasteiger partial charge >= 0.3 is 6.16 Å². The first-order valence-corrected chi connectivity index (χ1v) is 11.2. The molecule has 32 heavy (non-hydrogen) atoms. The van der Waals surface area contributed by atoms with Crippen LogP contribution in [0.15, 0.2) is 48.8 Å². The van der Waals surface area contributed by atoms with Gasteiger partial charge in [-0.3, -0.25) is 9.59 Å². The lowest BCUT2D eigenvalue weighted by Gasteiger charge is -2.24. The molecule has 2 aromatic heterocycles. The predicted octanol–water partition coefficient (Wildman–Crippen LogP) is 5.25. The molecule has 3 aromatic rings. The molecule has 8 heteroatoms. The number of hydrogen-bond donors (Lipinski definition) is 0. The number of Topliss-reactive ketones (excluding diaryl/α,β-unsaturated/α-hetero) is 2. The Bertz CT molecular complexity index is 1150. The van der Waals surface area contributed by atoms with E-state index in [0.717, 1.165) is 15.4 Å². The first kappa shape index (κ1) is 22.0. The maximum Gasteiger partial charge on any atom is 0.514 e. The molecule has 166 valence electrons. The highest BCUT2D eigenvalue weighted by Crippen LogP contribution is 2.31. The lowest BCUT2D eigenvalue weighted by atomic mass is 9.97. The van der Waals surface area contributed by atoms with Crippen molar-refractivity contribution in [3.63, 3.8) is 0 Å². The third-order valence-electron chi connectivity index (χ3n) is 5.03. The fraction of sp³-hybridized carbons (Fsp3) is 0.333. The number of carbonyl (C=O) groups excluding carboxylic acids is 3. The monoisotopic (exact) mass is 452 g/mol. The molecule has 0 radical (unpaired) electrons. The van der Waals surface area contributed by atoms with E-state index in [1.165, 1.54) is 11.3 Å². The lowest BCUT2D eigenvalue weighted by Crippen LogP contribution is -2.28. The van der Waals surface area contributed by atoms with Crippen LogP contribution in [0.2, 0.25) is 0 Å². The fourth-order valence-corrected chi connectivity index (χ4v) is 4.53. The van der Waals surface area contributed by atoms with Crippen LogP contribution in [0.1, 0.15) is 55.2 Å². The van der Waals surface area contributed by atoms with E-state index in [4.69, 9.17) is 9.47 Å². The molecule has 0 fully saturated rings. The number of nitrogens with zero attached hydrogens (tertiary/aromatic N) is 2. The molecule has 1 aliphatic rings. The second kappa shape index (κ2) is 8.70. The molecule has 7 nitrogen and oxygen atoms in total. The van der Waals surface area contributed by atoms with Gasteiger partial charge in [-0.15, -0.1) is 11.3 Å². The summed E-state index contributed by atoms with van der Waals surface area (Å²) in [6.07, 6.45) is 3.92. The van der Waals surface area contributed by atoms with Gasteiger partial charge in [0.05, 0.1) is 23.0 Å². The van der Waals surface area contributed by atoms with E-state index in [9.17, 15) is 14.4 Å². The van der Waals surface area contributed by atoms with Crippen LogP contribution in [0.4, 0.5) is 4.79 Å². The molecule has 0 spiro atoms. The zero-order chi connectivity index (χ0) is 22.9. The van der Waals surface area contributed by atoms with Crippen molar-refractivity contribution in [2.24, 2.45) is 0 Å². The van der Waals surface area contributed by atoms with Gasteiger partial charge in [0.1, 0.15) is 16.4 Å². The highest BCUT2D eigenvalue weighted by atomic mass is 32.1. The van der Waals surface area contributed by atoms with Crippen LogP contribution in [-0.2, 0) is 16.0 Å². The van der Waals surface area contributed by atoms with Gasteiger partial charge in [0, 0.05) is 18.8 Å². The van der Waals surface area contributed by atoms with Gasteiger partial charge in [-0.05, 0) is 69.2 Å². The van der Waals surface area contributed by atoms with Crippen molar-refractivity contribution in [1.29, 1.82) is 0 Å². The zero-order valence-electron chi connectivity index (χ0n) is 18.2. The molecule has 3 heterocycles. The molecule has 0 bridgehead atoms. The molecule has 1 unspecified atom stereocenters. The minimum absolute atomic E-state index is 0.0527. The quantitative estimate of drug-likeness (QED) is 0.388. The van der Waals surface area contributed by atoms with Crippen molar-refractivity contribution < 1.29 is 23.9 Å². The van der Waals surface area contributed by atoms with E-state index in [2.05, 4.69) is 4.98 Å². The van der Waals surface area contributed by atoms with Crippen LogP contribution in [-0.4, -0.2) is 32.9 Å². The summed E-state index contributed by atoms with van der Waals surface area (Å²) in [5, 5.41) is 0.727. The fourth-order valence-electron chi connectivity index (χ4n) is 3.60. The first-order chi connectivity index (χ1) is 15.2. The largest absolute Gasteiger partial charge is 0.514 e. The van der Waals surface area contributed by atoms with Gasteiger partial charge in [0.2, 0.25) is 0 Å². The van der Waals surface area contributed by atoms with Gasteiger partial charge in [0.15, 0.2) is 11.6 Å². The summed E-state index contributed by atoms with van der Waals surface area (Å²) in [4.78, 5) is 42.0. The van der Waals surface area contributed by atoms with Gasteiger partial charge in [-0.25, -0.2) is 9.78 Å². The number of aromatic nitrogens is 2. The average molecular weight is 453 g/mol. The number of ether oxygens (including phenoxy) is 2. The summed E-state index contributed by atoms with van der Waals surface area (Å²) in [6.45, 7) is 5.32. The smallest absolute Gasteiger partial charge is 0.428 e. The van der Waals surface area contributed by atoms with Gasteiger partial charge in [-0.2, -0.15) is 0 Å². The summed E-state index contributed by atoms with van der Waals surface area (Å²) in [5.74, 6) is 0.518. The van der Waals surface area contributed by atoms with E-state index in [0.29, 0.717) is 24.3 Å². The van der Waals surface area contributed by atoms with Crippen molar-refractivity contribution in [3.8, 4) is 16.2 Å². The molecule has 1 aromatic carbocycles. The van der Waals surface area contributed by atoms with E-state index < -0.39 is 11.8 Å². The van der Waals surface area contributed by atoms with Gasteiger partial charge < -0.3 is 14.0 Å². The average Bonchev–Trinajstić information content (AvgIpc) is 3.37. The summed E-state index contributed by atoms with van der Waals surface area (Å²) >= 11 is 1.45. The highest BCUT2D eigenvalue weighted by molar-refractivity contribution is 7.15. The summed E-state index contributed by atoms with van der Waals surface area (Å²) in [6, 6.07) is 10.3. The number of thiazole rings is 1. The normalized spacial score (nSPS) is 15.8. The Labute approximate surface area is 190 Å². The topological polar surface area (TPSA) is 87.5 Å². The zero-order valence-corrected chi connectivity index (χ0v) is 19.0. The van der Waals surface area contributed by atoms with Crippen LogP contribution in [0.25, 0.3) is 10.4 Å². The van der Waals surface area contributed by atoms with E-state index in [1.807, 2.05) is 12.1 Å². The van der Waals surface area contributed by atoms with Gasteiger partial charge in [0.25, 0.3) is 0 Å². The molecular formula is C24H24N2O5S. The standard InChI is InChI=1S/C24H24N2O5S/c1-24(2,3)31-23(29)30-16-8-6-15(7-9-16)21-14-25-22(32-21)13-20(28)18-10-11-19(27)17-5-4-12-26(17)18/h4-9,12,14,18H,10-11,13H2,1-3H3. The number of ketones is 2. The van der Waals surface area contributed by atoms with Crippen molar-refractivity contribution in [2.75, 3.05) is 0 Å². The number of carbonyl (C=O) groups is 3. The summed E-state index contributed by atoms with van der Waals surface area (Å²) < 4.78 is 12.1. The number of hydrogen-bond acceptors (Lipinski definition) is 7. The van der Waals surface area contributed by atoms with Crippen molar-refractivity contribution in [2.45, 2.75) is 51.7 Å². The molecule has 0 amide bonds. The third-order valence-corrected chi connectivity index (χ3v) is 6.07. The molecule has 0 N–H and O–H groups in total. The minimum atomic E-state index is -0.751. The van der Waals surface area contributed by atoms with Crippen molar-refractivity contribution in [3.05, 3.63) is 59.5 Å². The molecule has 4 rings (SSSR count). The Kier molecular flexibility index (Phi) is 5.97. The number of fused-ring (bicyclic) bond motifs is 1. The molecule has 0 aliphatic carbocycles. The maximum absolute atomic E-state index is 12.9.